The summed E-state index contributed by atoms with van der Waals surface area (Å²) in [6.45, 7) is 18.5. The first-order valence-corrected chi connectivity index (χ1v) is 53.0. The first-order valence-electron chi connectivity index (χ1n) is 45.1. The molecule has 0 aliphatic heterocycles. The molecule has 3 unspecified atom stereocenters. The van der Waals surface area contributed by atoms with Gasteiger partial charge in [-0.3, -0.25) is 0 Å². The molecule has 0 aliphatic carbocycles. The molecule has 0 N–H and O–H groups in total. The van der Waals surface area contributed by atoms with Crippen LogP contribution >= 0.6 is 0 Å². The third-order valence-electron chi connectivity index (χ3n) is 23.0. The highest BCUT2D eigenvalue weighted by atomic mass is 32.2. The molecular formula is C112H95F15O15S6. The van der Waals surface area contributed by atoms with Crippen molar-refractivity contribution < 1.29 is 133 Å². The molecule has 16 aromatic rings. The van der Waals surface area contributed by atoms with Crippen LogP contribution in [0.3, 0.4) is 0 Å². The van der Waals surface area contributed by atoms with Gasteiger partial charge in [-0.05, 0) is 249 Å². The normalized spacial score (nSPS) is 11.9. The van der Waals surface area contributed by atoms with Crippen LogP contribution in [0.2, 0.25) is 0 Å². The molecule has 0 amide bonds. The summed E-state index contributed by atoms with van der Waals surface area (Å²) in [4.78, 5) is 3.81. The van der Waals surface area contributed by atoms with Crippen LogP contribution in [0.4, 0.5) is 65.9 Å². The smallest absolute Gasteiger partial charge is 0.205 e. The molecule has 16 aromatic carbocycles. The van der Waals surface area contributed by atoms with Crippen molar-refractivity contribution >= 4 is 73.8 Å². The summed E-state index contributed by atoms with van der Waals surface area (Å²) < 4.78 is 334. The minimum atomic E-state index is -5.78. The van der Waals surface area contributed by atoms with Gasteiger partial charge in [-0.25, -0.2) is 64.8 Å². The third kappa shape index (κ3) is 28.4. The molecule has 774 valence electrons. The van der Waals surface area contributed by atoms with Gasteiger partial charge in [0, 0.05) is 34.9 Å². The Kier molecular flexibility index (Phi) is 39.7. The number of hydrogen-bond acceptors (Lipinski definition) is 15. The van der Waals surface area contributed by atoms with Crippen molar-refractivity contribution in [2.45, 2.75) is 158 Å². The summed E-state index contributed by atoms with van der Waals surface area (Å²) in [6.07, 6.45) is 2.56. The fourth-order valence-corrected chi connectivity index (χ4v) is 23.1. The van der Waals surface area contributed by atoms with Crippen LogP contribution in [-0.2, 0) is 63.0 Å². The second-order valence-electron chi connectivity index (χ2n) is 32.9. The molecule has 16 rings (SSSR count). The van der Waals surface area contributed by atoms with Gasteiger partial charge in [0.2, 0.25) is 52.2 Å². The maximum absolute atomic E-state index is 14.1. The van der Waals surface area contributed by atoms with Crippen LogP contribution in [0.5, 0.6) is 51.7 Å². The van der Waals surface area contributed by atoms with E-state index in [1.54, 1.807) is 88.1 Å². The van der Waals surface area contributed by atoms with Gasteiger partial charge in [-0.15, -0.1) is 0 Å². The van der Waals surface area contributed by atoms with E-state index in [2.05, 4.69) is 144 Å². The Balaban J connectivity index is 0.000000169. The second-order valence-corrected chi connectivity index (χ2v) is 42.8. The maximum Gasteiger partial charge on any atom is 0.205 e. The highest BCUT2D eigenvalue weighted by molar-refractivity contribution is 7.97. The summed E-state index contributed by atoms with van der Waals surface area (Å²) in [6, 6.07) is 91.3. The zero-order chi connectivity index (χ0) is 108. The van der Waals surface area contributed by atoms with Gasteiger partial charge in [0.05, 0.1) is 43.1 Å². The quantitative estimate of drug-likeness (QED) is 0.0202. The standard InChI is InChI=1S/C21H21O3S.C21H21S.C20H16F4O4S.C18H12F3S.2C16H14F4O4S/c1-22-16-7-4-10-19(13-16)25(20-11-5-8-17(14-20)23-2)21-12-6-9-18(15-21)24-3;1-16-10-4-7-13-19(16)22(20-14-8-5-11-17(20)2)21-15-9-6-12-18(21)3;1-3-10(2)11-4-5-13-9-14(7-6-12(13)8-11)28-19-15(21)17(23)20(29(25,26)27)18(24)16(19)22;19-13-1-7-16(8-2-13)22(17-9-3-14(20)4-10-17)18-11-5-15(21)6-12-18;1-3-8(2)9-4-6-10(7-5-9)24-15-11(17)13(19)16(25(21,22)23)14(20)12(15)18;1-3-8(2)9-5-4-6-10(7-9)24-15-11(17)13(19)16(25(21,22)23)14(20)12(15)18/h4-15H,1-3H3;4-15H,1-3H3;4-10H,3H2,1-2H3,(H,25,26,27);1-12H;2*4-8H,3H2,1-2H3,(H,21,22,23)/q2*+1;;+1;;/p-3. The fourth-order valence-electron chi connectivity index (χ4n) is 14.5. The maximum atomic E-state index is 14.1. The molecule has 0 spiro atoms. The largest absolute Gasteiger partial charge is 0.744 e. The Bertz CT molecular complexity index is 7340. The number of hydrogen-bond donors (Lipinski definition) is 0. The van der Waals surface area contributed by atoms with E-state index in [0.717, 1.165) is 73.3 Å². The van der Waals surface area contributed by atoms with E-state index in [1.807, 2.05) is 76.2 Å². The molecule has 15 nitrogen and oxygen atoms in total. The molecule has 0 bridgehead atoms. The van der Waals surface area contributed by atoms with E-state index in [-0.39, 0.29) is 68.3 Å². The van der Waals surface area contributed by atoms with E-state index in [1.165, 1.54) is 125 Å². The van der Waals surface area contributed by atoms with Crippen molar-refractivity contribution in [3.63, 3.8) is 0 Å². The summed E-state index contributed by atoms with van der Waals surface area (Å²) in [7, 11) is -13.1. The molecule has 0 heterocycles. The van der Waals surface area contributed by atoms with Crippen LogP contribution in [0.15, 0.2) is 362 Å². The predicted octanol–water partition coefficient (Wildman–Crippen LogP) is 30.2. The highest BCUT2D eigenvalue weighted by Crippen LogP contribution is 2.44. The lowest BCUT2D eigenvalue weighted by molar-refractivity contribution is 0.345. The molecule has 0 fully saturated rings. The van der Waals surface area contributed by atoms with Crippen molar-refractivity contribution in [3.8, 4) is 51.7 Å². The van der Waals surface area contributed by atoms with Crippen molar-refractivity contribution in [2.75, 3.05) is 21.3 Å². The van der Waals surface area contributed by atoms with Crippen LogP contribution in [0.25, 0.3) is 10.8 Å². The Labute approximate surface area is 856 Å². The van der Waals surface area contributed by atoms with Crippen molar-refractivity contribution in [3.05, 3.63) is 424 Å². The van der Waals surface area contributed by atoms with Crippen molar-refractivity contribution in [2.24, 2.45) is 0 Å². The van der Waals surface area contributed by atoms with Crippen LogP contribution in [0, 0.1) is 108 Å². The van der Waals surface area contributed by atoms with Crippen LogP contribution in [-0.4, -0.2) is 60.2 Å². The van der Waals surface area contributed by atoms with Crippen LogP contribution < -0.4 is 28.4 Å². The molecule has 0 aromatic heterocycles. The molecule has 0 radical (unpaired) electrons. The number of benzene rings is 16. The molecule has 0 saturated heterocycles. The number of methoxy groups -OCH3 is 3. The Morgan fingerprint density at radius 3 is 0.818 bits per heavy atom. The van der Waals surface area contributed by atoms with E-state index in [9.17, 15) is 105 Å². The SMILES string of the molecule is CCC(C)c1ccc(Oc2c(F)c(F)c(S(=O)(=O)[O-])c(F)c2F)cc1.CCC(C)c1ccc2cc(Oc3c(F)c(F)c(S(=O)(=O)[O-])c(F)c3F)ccc2c1.CCC(C)c1cccc(Oc2c(F)c(F)c(S(=O)(=O)[O-])c(F)c2F)c1.COc1cccc([S+](c2cccc(OC)c2)c2cccc(OC)c2)c1.Cc1ccccc1[S+](c1ccccc1C)c1ccccc1C.Fc1ccc([S+](c2ccc(F)cc2)c2ccc(F)cc2)cc1. The molecule has 148 heavy (non-hydrogen) atoms. The van der Waals surface area contributed by atoms with Crippen molar-refractivity contribution in [1.82, 2.24) is 0 Å². The van der Waals surface area contributed by atoms with Gasteiger partial charge in [0.1, 0.15) is 108 Å². The number of ether oxygens (including phenoxy) is 6. The average molecular weight is 2160 g/mol. The molecule has 36 heteroatoms. The van der Waals surface area contributed by atoms with Gasteiger partial charge < -0.3 is 42.1 Å². The summed E-state index contributed by atoms with van der Waals surface area (Å²) in [5.74, 6) is -29.2. The number of fused-ring (bicyclic) bond motifs is 1. The topological polar surface area (TPSA) is 227 Å². The lowest BCUT2D eigenvalue weighted by Gasteiger charge is -2.15. The van der Waals surface area contributed by atoms with E-state index < -0.39 is 143 Å². The zero-order valence-corrected chi connectivity index (χ0v) is 85.9. The third-order valence-corrected chi connectivity index (χ3v) is 32.7. The summed E-state index contributed by atoms with van der Waals surface area (Å²) >= 11 is 0. The molecule has 0 aliphatic rings. The Morgan fingerprint density at radius 1 is 0.250 bits per heavy atom. The van der Waals surface area contributed by atoms with Crippen molar-refractivity contribution in [1.29, 1.82) is 0 Å². The molecule has 0 saturated carbocycles. The van der Waals surface area contributed by atoms with Gasteiger partial charge in [-0.1, -0.05) is 163 Å². The predicted molar refractivity (Wildman–Crippen MR) is 534 cm³/mol. The Morgan fingerprint density at radius 2 is 0.507 bits per heavy atom. The first kappa shape index (κ1) is 115. The highest BCUT2D eigenvalue weighted by Gasteiger charge is 2.38. The van der Waals surface area contributed by atoms with Gasteiger partial charge in [-0.2, -0.15) is 26.3 Å². The van der Waals surface area contributed by atoms with E-state index in [4.69, 9.17) is 28.4 Å². The summed E-state index contributed by atoms with van der Waals surface area (Å²) in [5.41, 5.74) is 6.86. The van der Waals surface area contributed by atoms with E-state index >= 15 is 0 Å². The number of halogens is 15. The number of rotatable bonds is 27. The lowest BCUT2D eigenvalue weighted by atomic mass is 9.96. The van der Waals surface area contributed by atoms with Gasteiger partial charge >= 0.3 is 0 Å². The van der Waals surface area contributed by atoms with Crippen LogP contribution in [0.1, 0.15) is 112 Å². The fraction of sp³-hybridized carbons (Fsp3) is 0.161. The van der Waals surface area contributed by atoms with Gasteiger partial charge in [0.25, 0.3) is 0 Å². The molecule has 3 atom stereocenters. The van der Waals surface area contributed by atoms with Gasteiger partial charge in [0.15, 0.2) is 79.0 Å². The zero-order valence-electron chi connectivity index (χ0n) is 81.0. The number of aryl methyl sites for hydroxylation is 3. The molecular weight excluding hydrogens is 2060 g/mol. The lowest BCUT2D eigenvalue weighted by Crippen LogP contribution is -2.11. The average Bonchev–Trinajstić information content (AvgIpc) is 0.771. The second kappa shape index (κ2) is 51.3. The first-order chi connectivity index (χ1) is 70.2. The minimum absolute atomic E-state index is 0.0494. The monoisotopic (exact) mass is 2160 g/mol. The minimum Gasteiger partial charge on any atom is -0.744 e. The van der Waals surface area contributed by atoms with E-state index in [0.29, 0.717) is 11.3 Å². The Hall–Kier alpha value is -13.7. The summed E-state index contributed by atoms with van der Waals surface area (Å²) in [5, 5.41) is 1.47.